The molecule has 1 rings (SSSR count). The molecule has 0 radical (unpaired) electrons. The number of carboxylic acid groups (broad SMARTS) is 1. The van der Waals surface area contributed by atoms with Gasteiger partial charge in [0.2, 0.25) is 5.91 Å². The highest BCUT2D eigenvalue weighted by molar-refractivity contribution is 9.10. The number of nitrogens with zero attached hydrogens (tertiary/aromatic N) is 1. The molecule has 1 N–H and O–H groups in total. The van der Waals surface area contributed by atoms with Gasteiger partial charge in [0.25, 0.3) is 0 Å². The molecule has 1 aromatic rings. The normalized spacial score (nSPS) is 12.0. The van der Waals surface area contributed by atoms with E-state index in [1.54, 1.807) is 26.1 Å². The monoisotopic (exact) mass is 345 g/mol. The lowest BCUT2D eigenvalue weighted by molar-refractivity contribution is -0.139. The SMILES string of the molecule is C[C@@H](Cc1ccc(F)c(Br)c1)C(=O)N(C)CCC(=O)O. The maximum atomic E-state index is 13.1. The van der Waals surface area contributed by atoms with E-state index in [4.69, 9.17) is 5.11 Å². The minimum absolute atomic E-state index is 0.0724. The van der Waals surface area contributed by atoms with Gasteiger partial charge in [-0.3, -0.25) is 9.59 Å². The molecule has 4 nitrogen and oxygen atoms in total. The van der Waals surface area contributed by atoms with Crippen molar-refractivity contribution in [3.8, 4) is 0 Å². The van der Waals surface area contributed by atoms with Gasteiger partial charge in [-0.15, -0.1) is 0 Å². The second kappa shape index (κ2) is 7.38. The smallest absolute Gasteiger partial charge is 0.305 e. The molecule has 110 valence electrons. The second-order valence-electron chi connectivity index (χ2n) is 4.76. The van der Waals surface area contributed by atoms with Gasteiger partial charge in [-0.2, -0.15) is 0 Å². The van der Waals surface area contributed by atoms with Crippen molar-refractivity contribution in [1.82, 2.24) is 4.90 Å². The summed E-state index contributed by atoms with van der Waals surface area (Å²) in [6, 6.07) is 4.64. The predicted molar refractivity (Wildman–Crippen MR) is 76.9 cm³/mol. The van der Waals surface area contributed by atoms with Crippen molar-refractivity contribution < 1.29 is 19.1 Å². The summed E-state index contributed by atoms with van der Waals surface area (Å²) < 4.78 is 13.5. The van der Waals surface area contributed by atoms with Crippen LogP contribution in [0.3, 0.4) is 0 Å². The molecule has 0 spiro atoms. The fraction of sp³-hybridized carbons (Fsp3) is 0.429. The third kappa shape index (κ3) is 4.92. The first-order chi connectivity index (χ1) is 9.31. The first kappa shape index (κ1) is 16.6. The number of hydrogen-bond acceptors (Lipinski definition) is 2. The Labute approximate surface area is 125 Å². The quantitative estimate of drug-likeness (QED) is 0.862. The zero-order valence-corrected chi connectivity index (χ0v) is 13.0. The van der Waals surface area contributed by atoms with Crippen LogP contribution in [0.1, 0.15) is 18.9 Å². The lowest BCUT2D eigenvalue weighted by atomic mass is 10.00. The number of carbonyl (C=O) groups is 2. The van der Waals surface area contributed by atoms with Crippen LogP contribution in [0.4, 0.5) is 4.39 Å². The van der Waals surface area contributed by atoms with E-state index in [0.717, 1.165) is 5.56 Å². The van der Waals surface area contributed by atoms with Crippen molar-refractivity contribution in [3.05, 3.63) is 34.1 Å². The Hall–Kier alpha value is -1.43. The van der Waals surface area contributed by atoms with E-state index in [0.29, 0.717) is 10.9 Å². The van der Waals surface area contributed by atoms with Gasteiger partial charge < -0.3 is 10.0 Å². The molecule has 0 bridgehead atoms. The van der Waals surface area contributed by atoms with E-state index in [9.17, 15) is 14.0 Å². The van der Waals surface area contributed by atoms with E-state index in [-0.39, 0.29) is 30.6 Å². The molecule has 0 heterocycles. The number of amides is 1. The van der Waals surface area contributed by atoms with Crippen molar-refractivity contribution in [2.75, 3.05) is 13.6 Å². The summed E-state index contributed by atoms with van der Waals surface area (Å²) >= 11 is 3.11. The van der Waals surface area contributed by atoms with Crippen molar-refractivity contribution in [2.45, 2.75) is 19.8 Å². The summed E-state index contributed by atoms with van der Waals surface area (Å²) in [7, 11) is 1.59. The Morgan fingerprint density at radius 2 is 2.10 bits per heavy atom. The Kier molecular flexibility index (Phi) is 6.13. The third-order valence-corrected chi connectivity index (χ3v) is 3.59. The van der Waals surface area contributed by atoms with Gasteiger partial charge in [-0.05, 0) is 40.0 Å². The summed E-state index contributed by atoms with van der Waals surface area (Å²) in [5, 5.41) is 8.60. The molecule has 0 aromatic heterocycles. The number of rotatable bonds is 6. The molecule has 0 aliphatic rings. The fourth-order valence-corrected chi connectivity index (χ4v) is 2.28. The largest absolute Gasteiger partial charge is 0.481 e. The van der Waals surface area contributed by atoms with Crippen LogP contribution in [-0.2, 0) is 16.0 Å². The van der Waals surface area contributed by atoms with Crippen LogP contribution in [0, 0.1) is 11.7 Å². The number of carboxylic acids is 1. The number of halogens is 2. The van der Waals surface area contributed by atoms with Crippen LogP contribution in [0.5, 0.6) is 0 Å². The first-order valence-electron chi connectivity index (χ1n) is 6.22. The average Bonchev–Trinajstić information content (AvgIpc) is 2.39. The second-order valence-corrected chi connectivity index (χ2v) is 5.61. The molecular weight excluding hydrogens is 329 g/mol. The molecule has 1 atom stereocenters. The maximum absolute atomic E-state index is 13.1. The Bertz CT molecular complexity index is 507. The van der Waals surface area contributed by atoms with Gasteiger partial charge in [0.1, 0.15) is 5.82 Å². The van der Waals surface area contributed by atoms with Gasteiger partial charge in [-0.1, -0.05) is 13.0 Å². The van der Waals surface area contributed by atoms with Gasteiger partial charge in [0.15, 0.2) is 0 Å². The van der Waals surface area contributed by atoms with Crippen LogP contribution >= 0.6 is 15.9 Å². The molecule has 0 aliphatic heterocycles. The van der Waals surface area contributed by atoms with Crippen molar-refractivity contribution in [1.29, 1.82) is 0 Å². The number of aliphatic carboxylic acids is 1. The van der Waals surface area contributed by atoms with E-state index >= 15 is 0 Å². The van der Waals surface area contributed by atoms with Crippen LogP contribution in [0.15, 0.2) is 22.7 Å². The lowest BCUT2D eigenvalue weighted by Crippen LogP contribution is -2.34. The van der Waals surface area contributed by atoms with Crippen LogP contribution in [0.2, 0.25) is 0 Å². The zero-order valence-electron chi connectivity index (χ0n) is 11.4. The van der Waals surface area contributed by atoms with Gasteiger partial charge in [0.05, 0.1) is 10.9 Å². The Balaban J connectivity index is 2.60. The molecule has 0 saturated carbocycles. The highest BCUT2D eigenvalue weighted by atomic mass is 79.9. The summed E-state index contributed by atoms with van der Waals surface area (Å²) in [4.78, 5) is 24.0. The highest BCUT2D eigenvalue weighted by Crippen LogP contribution is 2.19. The Morgan fingerprint density at radius 3 is 2.65 bits per heavy atom. The molecule has 0 fully saturated rings. The van der Waals surface area contributed by atoms with E-state index in [1.807, 2.05) is 0 Å². The summed E-state index contributed by atoms with van der Waals surface area (Å²) in [6.07, 6.45) is 0.409. The minimum Gasteiger partial charge on any atom is -0.481 e. The Morgan fingerprint density at radius 1 is 1.45 bits per heavy atom. The molecule has 0 aliphatic carbocycles. The standard InChI is InChI=1S/C14H17BrFNO3/c1-9(14(20)17(2)6-5-13(18)19)7-10-3-4-12(16)11(15)8-10/h3-4,8-9H,5-7H2,1-2H3,(H,18,19)/t9-/m0/s1. The molecule has 1 amide bonds. The van der Waals surface area contributed by atoms with Crippen LogP contribution in [-0.4, -0.2) is 35.5 Å². The minimum atomic E-state index is -0.931. The van der Waals surface area contributed by atoms with E-state index < -0.39 is 5.97 Å². The summed E-state index contributed by atoms with van der Waals surface area (Å²) in [5.74, 6) is -1.68. The van der Waals surface area contributed by atoms with Crippen LogP contribution < -0.4 is 0 Å². The third-order valence-electron chi connectivity index (χ3n) is 2.98. The molecule has 20 heavy (non-hydrogen) atoms. The number of hydrogen-bond donors (Lipinski definition) is 1. The fourth-order valence-electron chi connectivity index (χ4n) is 1.86. The van der Waals surface area contributed by atoms with Gasteiger partial charge in [0, 0.05) is 19.5 Å². The average molecular weight is 346 g/mol. The van der Waals surface area contributed by atoms with Crippen molar-refractivity contribution in [3.63, 3.8) is 0 Å². The van der Waals surface area contributed by atoms with E-state index in [1.165, 1.54) is 11.0 Å². The molecule has 6 heteroatoms. The summed E-state index contributed by atoms with van der Waals surface area (Å²) in [5.41, 5.74) is 0.853. The maximum Gasteiger partial charge on any atom is 0.305 e. The first-order valence-corrected chi connectivity index (χ1v) is 7.01. The molecule has 0 unspecified atom stereocenters. The molecule has 0 saturated heterocycles. The van der Waals surface area contributed by atoms with Crippen LogP contribution in [0.25, 0.3) is 0 Å². The topological polar surface area (TPSA) is 57.6 Å². The number of benzene rings is 1. The predicted octanol–water partition coefficient (Wildman–Crippen LogP) is 2.70. The van der Waals surface area contributed by atoms with Crippen molar-refractivity contribution in [2.24, 2.45) is 5.92 Å². The zero-order chi connectivity index (χ0) is 15.3. The molecule has 1 aromatic carbocycles. The lowest BCUT2D eigenvalue weighted by Gasteiger charge is -2.20. The summed E-state index contributed by atoms with van der Waals surface area (Å²) in [6.45, 7) is 1.96. The highest BCUT2D eigenvalue weighted by Gasteiger charge is 2.18. The number of carbonyl (C=O) groups excluding carboxylic acids is 1. The van der Waals surface area contributed by atoms with E-state index in [2.05, 4.69) is 15.9 Å². The van der Waals surface area contributed by atoms with Gasteiger partial charge >= 0.3 is 5.97 Å². The van der Waals surface area contributed by atoms with Gasteiger partial charge in [-0.25, -0.2) is 4.39 Å². The van der Waals surface area contributed by atoms with Crippen molar-refractivity contribution >= 4 is 27.8 Å². The molecular formula is C14H17BrFNO3.